The van der Waals surface area contributed by atoms with Crippen LogP contribution in [0.15, 0.2) is 87.6 Å². The first-order valence-corrected chi connectivity index (χ1v) is 35.9. The Kier molecular flexibility index (Phi) is 26.8. The van der Waals surface area contributed by atoms with Crippen molar-refractivity contribution in [3.63, 3.8) is 0 Å². The molecule has 10 rings (SSSR count). The van der Waals surface area contributed by atoms with Crippen LogP contribution >= 0.6 is 0 Å². The van der Waals surface area contributed by atoms with E-state index >= 15 is 0 Å². The highest BCUT2D eigenvalue weighted by Gasteiger charge is 2.52. The molecule has 0 aromatic heterocycles. The number of methoxy groups -OCH3 is 2. The third-order valence-corrected chi connectivity index (χ3v) is 21.2. The number of ether oxygens (including phenoxy) is 8. The molecule has 4 aromatic carbocycles. The highest BCUT2D eigenvalue weighted by molar-refractivity contribution is 6.25. The molecule has 13 N–H and O–H groups in total. The smallest absolute Gasteiger partial charge is 0.312 e. The zero-order chi connectivity index (χ0) is 82.6. The van der Waals surface area contributed by atoms with Gasteiger partial charge in [0, 0.05) is 128 Å². The molecule has 32 heteroatoms. The fraction of sp³-hybridized carbons (Fsp3) is 0.481. The van der Waals surface area contributed by atoms with E-state index in [0.29, 0.717) is 0 Å². The summed E-state index contributed by atoms with van der Waals surface area (Å²) >= 11 is 0. The Morgan fingerprint density at radius 3 is 1.36 bits per heavy atom. The zero-order valence-corrected chi connectivity index (χ0v) is 64.8. The number of fused-ring (bicyclic) bond motifs is 28. The van der Waals surface area contributed by atoms with Crippen molar-refractivity contribution in [3.05, 3.63) is 106 Å². The number of aliphatic hydroxyl groups excluding tert-OH is 4. The Bertz CT molecular complexity index is 4630. The Morgan fingerprint density at radius 2 is 0.946 bits per heavy atom. The third kappa shape index (κ3) is 17.2. The number of azo groups is 1. The number of anilines is 2. The molecule has 4 amide bonds. The Labute approximate surface area is 639 Å². The molecule has 6 aliphatic rings. The predicted octanol–water partition coefficient (Wildman–Crippen LogP) is 8.84. The number of aliphatic hydroxyl groups is 4. The number of carbonyl (C=O) groups is 8. The number of phenolic OH excluding ortho intramolecular Hbond substituents is 6. The lowest BCUT2D eigenvalue weighted by Crippen LogP contribution is -2.46. The van der Waals surface area contributed by atoms with Crippen LogP contribution in [0.4, 0.5) is 11.4 Å². The SMILES string of the molecule is COC1C=COC2(C)Oc3c(C)c(O)c4c(O)c(c(C=NNC(=O)CC(=O)N=NCc5c6c(O)c7c(O)c(C)c8c(c7c5O)C(=O)C(C)(OC=CC(OC)C(C)C(OC(C)=O)C(C)C(O)C(C)C(O)C(C)C=CC=C(C)C(=O)N6)O8)c(O)c4c3C2=O)NC(=O)C(C)=CC=CC(C)C(O)C(C)C(O)C(C)C(OC(C)=O)C1C. The number of esters is 2. The van der Waals surface area contributed by atoms with Crippen LogP contribution < -0.4 is 25.5 Å². The van der Waals surface area contributed by atoms with E-state index in [1.54, 1.807) is 67.5 Å². The second-order valence-corrected chi connectivity index (χ2v) is 29.1. The molecule has 10 bridgehead atoms. The number of benzene rings is 4. The summed E-state index contributed by atoms with van der Waals surface area (Å²) in [4.78, 5) is 110. The molecule has 600 valence electrons. The van der Waals surface area contributed by atoms with Gasteiger partial charge in [0.2, 0.25) is 5.91 Å². The lowest BCUT2D eigenvalue weighted by molar-refractivity contribution is -0.161. The van der Waals surface area contributed by atoms with Crippen LogP contribution in [-0.4, -0.2) is 179 Å². The van der Waals surface area contributed by atoms with Crippen molar-refractivity contribution < 1.29 is 127 Å². The number of hydrogen-bond donors (Lipinski definition) is 13. The molecule has 6 heterocycles. The van der Waals surface area contributed by atoms with Gasteiger partial charge < -0.3 is 99.6 Å². The second-order valence-electron chi connectivity index (χ2n) is 29.1. The molecule has 0 saturated heterocycles. The largest absolute Gasteiger partial charge is 0.507 e. The summed E-state index contributed by atoms with van der Waals surface area (Å²) in [5, 5.41) is 134. The minimum absolute atomic E-state index is 0.0441. The number of phenols is 6. The molecular formula is C79H98N6O26. The summed E-state index contributed by atoms with van der Waals surface area (Å²) in [6.07, 6.45) is 4.37. The molecular weight excluding hydrogens is 1450 g/mol. The van der Waals surface area contributed by atoms with E-state index in [1.807, 2.05) is 0 Å². The highest BCUT2D eigenvalue weighted by atomic mass is 16.7. The molecule has 0 spiro atoms. The first-order chi connectivity index (χ1) is 52.0. The molecule has 0 radical (unpaired) electrons. The average molecular weight is 1550 g/mol. The third-order valence-electron chi connectivity index (χ3n) is 21.2. The number of hydrazone groups is 1. The topological polar surface area (TPSA) is 486 Å². The molecule has 4 aromatic rings. The summed E-state index contributed by atoms with van der Waals surface area (Å²) in [7, 11) is 2.72. The Balaban J connectivity index is 1.15. The van der Waals surface area contributed by atoms with Crippen molar-refractivity contribution in [1.82, 2.24) is 5.43 Å². The number of rotatable bonds is 10. The van der Waals surface area contributed by atoms with Gasteiger partial charge in [-0.2, -0.15) is 10.2 Å². The molecule has 0 aliphatic carbocycles. The quantitative estimate of drug-likeness (QED) is 0.0134. The summed E-state index contributed by atoms with van der Waals surface area (Å²) in [6, 6.07) is 0. The van der Waals surface area contributed by atoms with Crippen LogP contribution in [-0.2, 0) is 63.7 Å². The Hall–Kier alpha value is -10.8. The molecule has 32 nitrogen and oxygen atoms in total. The average Bonchev–Trinajstić information content (AvgIpc) is 1.62. The number of allylic oxidation sites excluding steroid dienone is 4. The second kappa shape index (κ2) is 34.7. The van der Waals surface area contributed by atoms with Gasteiger partial charge in [0.15, 0.2) is 11.5 Å². The van der Waals surface area contributed by atoms with Crippen LogP contribution in [0.2, 0.25) is 0 Å². The van der Waals surface area contributed by atoms with Gasteiger partial charge in [0.05, 0.1) is 101 Å². The van der Waals surface area contributed by atoms with E-state index in [2.05, 4.69) is 31.4 Å². The molecule has 18 unspecified atom stereocenters. The molecule has 0 saturated carbocycles. The van der Waals surface area contributed by atoms with Gasteiger partial charge in [0.25, 0.3) is 29.3 Å². The van der Waals surface area contributed by atoms with Crippen LogP contribution in [0, 0.1) is 61.2 Å². The molecule has 111 heavy (non-hydrogen) atoms. The highest BCUT2D eigenvalue weighted by Crippen LogP contribution is 2.57. The van der Waals surface area contributed by atoms with E-state index < -0.39 is 258 Å². The summed E-state index contributed by atoms with van der Waals surface area (Å²) in [5.41, 5.74) is -1.52. The van der Waals surface area contributed by atoms with Gasteiger partial charge in [0.1, 0.15) is 53.1 Å². The van der Waals surface area contributed by atoms with Crippen molar-refractivity contribution in [2.75, 3.05) is 24.9 Å². The van der Waals surface area contributed by atoms with Crippen molar-refractivity contribution in [2.45, 2.75) is 184 Å². The first-order valence-electron chi connectivity index (χ1n) is 35.9. The van der Waals surface area contributed by atoms with Crippen molar-refractivity contribution in [1.29, 1.82) is 0 Å². The number of aromatic hydroxyl groups is 6. The van der Waals surface area contributed by atoms with Crippen molar-refractivity contribution >= 4 is 86.3 Å². The maximum absolute atomic E-state index is 14.8. The van der Waals surface area contributed by atoms with E-state index in [0.717, 1.165) is 18.7 Å². The van der Waals surface area contributed by atoms with Gasteiger partial charge in [-0.15, -0.1) is 5.11 Å². The summed E-state index contributed by atoms with van der Waals surface area (Å²) in [6.45, 7) is 22.5. The van der Waals surface area contributed by atoms with Crippen LogP contribution in [0.25, 0.3) is 21.5 Å². The van der Waals surface area contributed by atoms with Gasteiger partial charge in [-0.25, -0.2) is 5.43 Å². The summed E-state index contributed by atoms with van der Waals surface area (Å²) in [5.74, 6) is -24.1. The number of ketones is 2. The van der Waals surface area contributed by atoms with E-state index in [9.17, 15) is 89.4 Å². The number of carbonyl (C=O) groups excluding carboxylic acids is 8. The zero-order valence-electron chi connectivity index (χ0n) is 64.8. The monoisotopic (exact) mass is 1550 g/mol. The Morgan fingerprint density at radius 1 is 0.541 bits per heavy atom. The maximum atomic E-state index is 14.8. The number of nitrogens with one attached hydrogen (secondary N) is 3. The lowest BCUT2D eigenvalue weighted by Gasteiger charge is -2.38. The number of Topliss-reactive ketones (excluding diaryl/α,β-unsaturated/α-hetero) is 2. The van der Waals surface area contributed by atoms with Crippen LogP contribution in [0.5, 0.6) is 46.0 Å². The number of amides is 4. The lowest BCUT2D eigenvalue weighted by atomic mass is 9.78. The predicted molar refractivity (Wildman–Crippen MR) is 402 cm³/mol. The first kappa shape index (κ1) is 85.8. The summed E-state index contributed by atoms with van der Waals surface area (Å²) < 4.78 is 47.3. The van der Waals surface area contributed by atoms with Gasteiger partial charge in [-0.3, -0.25) is 38.4 Å². The number of hydrogen-bond acceptors (Lipinski definition) is 28. The van der Waals surface area contributed by atoms with Crippen LogP contribution in [0.3, 0.4) is 0 Å². The van der Waals surface area contributed by atoms with Gasteiger partial charge in [-0.05, 0) is 39.8 Å². The standard InChI is InChI=1S/C79H98N6O26/c1-32-21-19-23-34(3)76(102)82-58-46(66(96)52-54(68(58)98)64(94)42(11)72-56(52)74(100)78(15,110-72)106-27-25-48(104-17)36(5)70(108-44(13)86)40(9)62(92)38(7)60(32)90)30-80-84-50(88)29-51(89)85-81-31-47-59-69(99)55-53(67(47)97)57-73(43(12)65(55)95)111-79(16,75(57)101)107-28-26-49(105-18)37(6)71(109-45(14)87)41(10)63(93)39(8)61(91)33(2)22-20-24-35(4)77(103)83-59/h19-28,30,32-33,36-41,48-49,60-63,70-71,90-99H,29,31H2,1-18H3,(H,82,102)(H,83,103)(H,84,88). The molecule has 18 atom stereocenters. The van der Waals surface area contributed by atoms with E-state index in [-0.39, 0.29) is 33.8 Å². The minimum atomic E-state index is -2.28. The van der Waals surface area contributed by atoms with Crippen LogP contribution in [0.1, 0.15) is 146 Å². The molecule has 6 aliphatic heterocycles. The normalized spacial score (nSPS) is 29.2. The fourth-order valence-electron chi connectivity index (χ4n) is 14.4. The fourth-order valence-corrected chi connectivity index (χ4v) is 14.4. The van der Waals surface area contributed by atoms with Gasteiger partial charge in [-0.1, -0.05) is 91.8 Å². The minimum Gasteiger partial charge on any atom is -0.507 e. The van der Waals surface area contributed by atoms with E-state index in [4.69, 9.17) is 37.9 Å². The maximum Gasteiger partial charge on any atom is 0.312 e. The van der Waals surface area contributed by atoms with Gasteiger partial charge >= 0.3 is 23.5 Å². The van der Waals surface area contributed by atoms with Crippen molar-refractivity contribution in [3.8, 4) is 46.0 Å². The molecule has 0 fully saturated rings. The van der Waals surface area contributed by atoms with E-state index in [1.165, 1.54) is 106 Å². The number of nitrogens with zero attached hydrogens (tertiary/aromatic N) is 3. The van der Waals surface area contributed by atoms with Crippen molar-refractivity contribution in [2.24, 2.45) is 62.7 Å².